The predicted octanol–water partition coefficient (Wildman–Crippen LogP) is 2.47. The second-order valence-corrected chi connectivity index (χ2v) is 12.6. The monoisotopic (exact) mass is 573 g/mol. The molecule has 3 rings (SSSR count). The first-order valence-corrected chi connectivity index (χ1v) is 15.0. The number of sulfonamides is 1. The molecule has 0 heterocycles. The number of nitrogens with zero attached hydrogens (tertiary/aromatic N) is 3. The van der Waals surface area contributed by atoms with Gasteiger partial charge in [0.15, 0.2) is 0 Å². The summed E-state index contributed by atoms with van der Waals surface area (Å²) in [5.74, 6) is -0.134. The minimum absolute atomic E-state index is 0.201. The minimum Gasteiger partial charge on any atom is -0.497 e. The highest BCUT2D eigenvalue weighted by molar-refractivity contribution is 7.89. The van der Waals surface area contributed by atoms with E-state index in [2.05, 4.69) is 15.5 Å². The summed E-state index contributed by atoms with van der Waals surface area (Å²) in [6.45, 7) is 5.55. The number of likely N-dealkylation sites (N-methyl/N-ethyl adjacent to an activating group) is 3. The zero-order valence-electron chi connectivity index (χ0n) is 24.7. The highest BCUT2D eigenvalue weighted by Gasteiger charge is 2.57. The van der Waals surface area contributed by atoms with Gasteiger partial charge in [-0.15, -0.1) is 0 Å². The standard InChI is InChI=1S/C29H43N5O5S/c1-8-23-18-25(39-7)17-21(2)27(23)40(37,38)34(6)29(13-14-29)28(36)31-19-26(35)33(5)20-22-9-11-24(12-10-22)30-15-16-32(3)4/h9-12,17-18,30H,8,13-16,19-20H2,1-7H3,(H,31,36). The SMILES string of the molecule is CCc1cc(OC)cc(C)c1S(=O)(=O)N(C)C1(C(=O)NCC(=O)N(C)Cc2ccc(NCCN(C)C)cc2)CC1. The van der Waals surface area contributed by atoms with Crippen LogP contribution in [0.2, 0.25) is 0 Å². The first-order valence-electron chi connectivity index (χ1n) is 13.5. The molecule has 0 aliphatic heterocycles. The Morgan fingerprint density at radius 1 is 1.05 bits per heavy atom. The van der Waals surface area contributed by atoms with Crippen LogP contribution in [0.5, 0.6) is 5.75 Å². The van der Waals surface area contributed by atoms with E-state index < -0.39 is 21.5 Å². The first kappa shape index (κ1) is 31.4. The molecule has 1 saturated carbocycles. The van der Waals surface area contributed by atoms with Crippen molar-refractivity contribution in [3.05, 3.63) is 53.1 Å². The molecule has 2 N–H and O–H groups in total. The number of benzene rings is 2. The molecule has 1 aliphatic rings. The number of rotatable bonds is 14. The highest BCUT2D eigenvalue weighted by atomic mass is 32.2. The number of aryl methyl sites for hydroxylation is 2. The molecule has 0 bridgehead atoms. The molecule has 2 aromatic rings. The summed E-state index contributed by atoms with van der Waals surface area (Å²) >= 11 is 0. The zero-order chi connectivity index (χ0) is 29.7. The number of hydrogen-bond acceptors (Lipinski definition) is 7. The van der Waals surface area contributed by atoms with Crippen molar-refractivity contribution in [1.29, 1.82) is 0 Å². The van der Waals surface area contributed by atoms with Gasteiger partial charge in [-0.3, -0.25) is 9.59 Å². The molecule has 0 spiro atoms. The van der Waals surface area contributed by atoms with E-state index in [1.54, 1.807) is 38.1 Å². The lowest BCUT2D eigenvalue weighted by Gasteiger charge is -2.28. The van der Waals surface area contributed by atoms with Crippen molar-refractivity contribution in [3.63, 3.8) is 0 Å². The van der Waals surface area contributed by atoms with E-state index in [9.17, 15) is 18.0 Å². The van der Waals surface area contributed by atoms with Gasteiger partial charge in [-0.05, 0) is 81.2 Å². The van der Waals surface area contributed by atoms with Crippen molar-refractivity contribution in [2.45, 2.75) is 50.1 Å². The molecule has 0 atom stereocenters. The lowest BCUT2D eigenvalue weighted by atomic mass is 10.1. The fourth-order valence-corrected chi connectivity index (χ4v) is 6.70. The highest BCUT2D eigenvalue weighted by Crippen LogP contribution is 2.45. The number of anilines is 1. The van der Waals surface area contributed by atoms with Crippen molar-refractivity contribution in [2.24, 2.45) is 0 Å². The Labute approximate surface area is 238 Å². The molecule has 0 unspecified atom stereocenters. The van der Waals surface area contributed by atoms with Crippen LogP contribution >= 0.6 is 0 Å². The first-order chi connectivity index (χ1) is 18.8. The molecule has 40 heavy (non-hydrogen) atoms. The molecule has 220 valence electrons. The van der Waals surface area contributed by atoms with E-state index in [1.807, 2.05) is 45.3 Å². The molecular weight excluding hydrogens is 530 g/mol. The Hall–Kier alpha value is -3.15. The van der Waals surface area contributed by atoms with Crippen molar-refractivity contribution in [1.82, 2.24) is 19.4 Å². The van der Waals surface area contributed by atoms with Gasteiger partial charge in [0.1, 0.15) is 11.3 Å². The van der Waals surface area contributed by atoms with E-state index in [-0.39, 0.29) is 17.3 Å². The minimum atomic E-state index is -3.97. The number of carbonyl (C=O) groups excluding carboxylic acids is 2. The summed E-state index contributed by atoms with van der Waals surface area (Å²) in [7, 11) is 4.74. The maximum absolute atomic E-state index is 13.7. The van der Waals surface area contributed by atoms with Crippen LogP contribution in [0.3, 0.4) is 0 Å². The summed E-state index contributed by atoms with van der Waals surface area (Å²) < 4.78 is 33.9. The maximum Gasteiger partial charge on any atom is 0.244 e. The van der Waals surface area contributed by atoms with Crippen LogP contribution in [-0.2, 0) is 32.6 Å². The molecule has 2 aromatic carbocycles. The molecular formula is C29H43N5O5S. The third-order valence-electron chi connectivity index (χ3n) is 7.40. The Kier molecular flexibility index (Phi) is 10.2. The second kappa shape index (κ2) is 13.0. The van der Waals surface area contributed by atoms with E-state index in [0.29, 0.717) is 42.7 Å². The largest absolute Gasteiger partial charge is 0.497 e. The van der Waals surface area contributed by atoms with Crippen LogP contribution in [0.1, 0.15) is 36.5 Å². The van der Waals surface area contributed by atoms with Gasteiger partial charge in [-0.1, -0.05) is 19.1 Å². The Morgan fingerprint density at radius 3 is 2.25 bits per heavy atom. The molecule has 11 heteroatoms. The Morgan fingerprint density at radius 2 is 1.70 bits per heavy atom. The summed E-state index contributed by atoms with van der Waals surface area (Å²) in [5.41, 5.74) is 1.97. The quantitative estimate of drug-likeness (QED) is 0.357. The molecule has 2 amide bonds. The lowest BCUT2D eigenvalue weighted by molar-refractivity contribution is -0.133. The normalized spacial score (nSPS) is 14.2. The van der Waals surface area contributed by atoms with Crippen LogP contribution in [-0.4, -0.2) is 94.8 Å². The van der Waals surface area contributed by atoms with Crippen molar-refractivity contribution < 1.29 is 22.7 Å². The average molecular weight is 574 g/mol. The van der Waals surface area contributed by atoms with Gasteiger partial charge in [0.05, 0.1) is 18.6 Å². The molecule has 0 saturated heterocycles. The zero-order valence-corrected chi connectivity index (χ0v) is 25.5. The fraction of sp³-hybridized carbons (Fsp3) is 0.517. The second-order valence-electron chi connectivity index (χ2n) is 10.6. The number of hydrogen-bond donors (Lipinski definition) is 2. The predicted molar refractivity (Wildman–Crippen MR) is 157 cm³/mol. The summed E-state index contributed by atoms with van der Waals surface area (Å²) in [5, 5.41) is 6.04. The molecule has 10 nitrogen and oxygen atoms in total. The summed E-state index contributed by atoms with van der Waals surface area (Å²) in [6.07, 6.45) is 1.28. The van der Waals surface area contributed by atoms with Gasteiger partial charge in [0.25, 0.3) is 0 Å². The van der Waals surface area contributed by atoms with Gasteiger partial charge < -0.3 is 25.2 Å². The molecule has 0 aromatic heterocycles. The van der Waals surface area contributed by atoms with Crippen LogP contribution in [0.4, 0.5) is 5.69 Å². The number of carbonyl (C=O) groups is 2. The van der Waals surface area contributed by atoms with Crippen LogP contribution < -0.4 is 15.4 Å². The molecule has 1 aliphatic carbocycles. The summed E-state index contributed by atoms with van der Waals surface area (Å²) in [6, 6.07) is 11.3. The topological polar surface area (TPSA) is 111 Å². The summed E-state index contributed by atoms with van der Waals surface area (Å²) in [4.78, 5) is 29.9. The van der Waals surface area contributed by atoms with Crippen molar-refractivity contribution in [2.75, 3.05) is 60.3 Å². The molecule has 0 radical (unpaired) electrons. The average Bonchev–Trinajstić information content (AvgIpc) is 3.73. The number of nitrogens with one attached hydrogen (secondary N) is 2. The van der Waals surface area contributed by atoms with Crippen molar-refractivity contribution in [3.8, 4) is 5.75 Å². The van der Waals surface area contributed by atoms with Crippen LogP contribution in [0, 0.1) is 6.92 Å². The van der Waals surface area contributed by atoms with Gasteiger partial charge in [0, 0.05) is 39.4 Å². The van der Waals surface area contributed by atoms with Gasteiger partial charge in [-0.2, -0.15) is 4.31 Å². The smallest absolute Gasteiger partial charge is 0.244 e. The van der Waals surface area contributed by atoms with E-state index in [1.165, 1.54) is 11.4 Å². The van der Waals surface area contributed by atoms with Crippen LogP contribution in [0.15, 0.2) is 41.3 Å². The van der Waals surface area contributed by atoms with E-state index in [0.717, 1.165) is 24.3 Å². The Balaban J connectivity index is 1.60. The van der Waals surface area contributed by atoms with E-state index >= 15 is 0 Å². The number of ether oxygens (including phenoxy) is 1. The number of methoxy groups -OCH3 is 1. The van der Waals surface area contributed by atoms with Gasteiger partial charge >= 0.3 is 0 Å². The third kappa shape index (κ3) is 7.13. The molecule has 1 fully saturated rings. The van der Waals surface area contributed by atoms with Gasteiger partial charge in [0.2, 0.25) is 21.8 Å². The van der Waals surface area contributed by atoms with Gasteiger partial charge in [-0.25, -0.2) is 8.42 Å². The maximum atomic E-state index is 13.7. The van der Waals surface area contributed by atoms with E-state index in [4.69, 9.17) is 4.74 Å². The Bertz CT molecular complexity index is 1310. The lowest BCUT2D eigenvalue weighted by Crippen LogP contribution is -2.51. The fourth-order valence-electron chi connectivity index (χ4n) is 4.70. The van der Waals surface area contributed by atoms with Crippen molar-refractivity contribution >= 4 is 27.5 Å². The van der Waals surface area contributed by atoms with Crippen LogP contribution in [0.25, 0.3) is 0 Å². The number of amides is 2. The third-order valence-corrected chi connectivity index (χ3v) is 9.57.